The van der Waals surface area contributed by atoms with Crippen molar-refractivity contribution in [2.45, 2.75) is 46.4 Å². The first kappa shape index (κ1) is 32.3. The molecule has 2 aromatic carbocycles. The summed E-state index contributed by atoms with van der Waals surface area (Å²) >= 11 is 0. The molecule has 0 fully saturated rings. The van der Waals surface area contributed by atoms with Crippen LogP contribution in [0.4, 0.5) is 24.8 Å². The van der Waals surface area contributed by atoms with E-state index in [1.165, 1.54) is 36.6 Å². The predicted molar refractivity (Wildman–Crippen MR) is 160 cm³/mol. The number of benzene rings is 2. The SMILES string of the molecule is CC(C)(C)CNC(=O)c1cccc(-c2ccc3nc(Nc4ccc(C(=O)NCC(C)(C)O)cc4OCC(F)(F)F)nn3c2)c1. The Morgan fingerprint density at radius 2 is 1.57 bits per heavy atom. The average molecular weight is 613 g/mol. The van der Waals surface area contributed by atoms with Gasteiger partial charge in [0.25, 0.3) is 11.8 Å². The van der Waals surface area contributed by atoms with E-state index in [9.17, 15) is 27.9 Å². The van der Waals surface area contributed by atoms with Crippen molar-refractivity contribution in [3.05, 3.63) is 71.9 Å². The molecule has 0 spiro atoms. The molecule has 0 radical (unpaired) electrons. The van der Waals surface area contributed by atoms with E-state index in [-0.39, 0.29) is 40.8 Å². The third kappa shape index (κ3) is 9.17. The Morgan fingerprint density at radius 3 is 2.23 bits per heavy atom. The van der Waals surface area contributed by atoms with E-state index in [1.54, 1.807) is 30.5 Å². The second-order valence-corrected chi connectivity index (χ2v) is 12.2. The van der Waals surface area contributed by atoms with Crippen LogP contribution in [0.3, 0.4) is 0 Å². The lowest BCUT2D eigenvalue weighted by molar-refractivity contribution is -0.153. The maximum atomic E-state index is 13.0. The van der Waals surface area contributed by atoms with Crippen LogP contribution < -0.4 is 20.7 Å². The van der Waals surface area contributed by atoms with Crippen molar-refractivity contribution in [1.82, 2.24) is 25.2 Å². The number of carbonyl (C=O) groups excluding carboxylic acids is 2. The van der Waals surface area contributed by atoms with Crippen LogP contribution in [-0.2, 0) is 0 Å². The fourth-order valence-corrected chi connectivity index (χ4v) is 3.96. The summed E-state index contributed by atoms with van der Waals surface area (Å²) in [6.07, 6.45) is -2.89. The molecule has 0 unspecified atom stereocenters. The summed E-state index contributed by atoms with van der Waals surface area (Å²) in [6.45, 7) is 8.00. The molecule has 0 aliphatic rings. The number of nitrogens with one attached hydrogen (secondary N) is 3. The van der Waals surface area contributed by atoms with Crippen LogP contribution in [0.2, 0.25) is 0 Å². The molecule has 13 heteroatoms. The maximum absolute atomic E-state index is 13.0. The molecule has 0 bridgehead atoms. The molecule has 0 aliphatic heterocycles. The number of aliphatic hydroxyl groups is 1. The molecular formula is C31H35F3N6O4. The van der Waals surface area contributed by atoms with Gasteiger partial charge in [0.2, 0.25) is 5.95 Å². The molecule has 0 aliphatic carbocycles. The van der Waals surface area contributed by atoms with Crippen LogP contribution >= 0.6 is 0 Å². The van der Waals surface area contributed by atoms with Gasteiger partial charge >= 0.3 is 6.18 Å². The Bertz CT molecular complexity index is 1650. The molecule has 4 aromatic rings. The van der Waals surface area contributed by atoms with Crippen molar-refractivity contribution in [3.63, 3.8) is 0 Å². The standard InChI is InChI=1S/C31H35F3N6O4/c1-29(2,3)16-35-26(41)20-8-6-7-19(13-20)22-10-12-25-38-28(39-40(25)15-22)37-23-11-9-21(27(42)36-17-30(4,5)43)14-24(23)44-18-31(32,33)34/h6-15,43H,16-18H2,1-5H3,(H,35,41)(H,36,42)(H,37,39). The Labute approximate surface area is 252 Å². The number of ether oxygens (including phenoxy) is 1. The molecule has 4 N–H and O–H groups in total. The number of amides is 2. The highest BCUT2D eigenvalue weighted by atomic mass is 19.4. The highest BCUT2D eigenvalue weighted by Crippen LogP contribution is 2.30. The lowest BCUT2D eigenvalue weighted by Gasteiger charge is -2.18. The van der Waals surface area contributed by atoms with Gasteiger partial charge in [-0.2, -0.15) is 18.2 Å². The number of rotatable bonds is 10. The molecule has 234 valence electrons. The van der Waals surface area contributed by atoms with Crippen LogP contribution in [0.1, 0.15) is 55.3 Å². The van der Waals surface area contributed by atoms with Crippen molar-refractivity contribution in [2.24, 2.45) is 5.41 Å². The Morgan fingerprint density at radius 1 is 0.886 bits per heavy atom. The van der Waals surface area contributed by atoms with Crippen molar-refractivity contribution >= 4 is 29.1 Å². The summed E-state index contributed by atoms with van der Waals surface area (Å²) in [4.78, 5) is 29.6. The molecule has 2 amide bonds. The first-order chi connectivity index (χ1) is 20.5. The second kappa shape index (κ2) is 12.5. The maximum Gasteiger partial charge on any atom is 0.422 e. The quantitative estimate of drug-likeness (QED) is 0.190. The van der Waals surface area contributed by atoms with E-state index in [1.807, 2.05) is 32.9 Å². The van der Waals surface area contributed by atoms with Gasteiger partial charge in [-0.05, 0) is 67.3 Å². The van der Waals surface area contributed by atoms with Gasteiger partial charge in [-0.25, -0.2) is 4.52 Å². The molecule has 44 heavy (non-hydrogen) atoms. The fraction of sp³-hybridized carbons (Fsp3) is 0.355. The van der Waals surface area contributed by atoms with E-state index in [0.717, 1.165) is 11.1 Å². The van der Waals surface area contributed by atoms with E-state index in [2.05, 4.69) is 26.0 Å². The number of carbonyl (C=O) groups is 2. The van der Waals surface area contributed by atoms with Gasteiger partial charge in [0, 0.05) is 36.0 Å². The van der Waals surface area contributed by atoms with E-state index >= 15 is 0 Å². The summed E-state index contributed by atoms with van der Waals surface area (Å²) in [5.41, 5.74) is 1.42. The van der Waals surface area contributed by atoms with Gasteiger partial charge in [0.05, 0.1) is 11.3 Å². The summed E-state index contributed by atoms with van der Waals surface area (Å²) in [5.74, 6) is -0.933. The zero-order valence-electron chi connectivity index (χ0n) is 25.0. The van der Waals surface area contributed by atoms with Crippen molar-refractivity contribution in [3.8, 4) is 16.9 Å². The number of hydrogen-bond acceptors (Lipinski definition) is 7. The summed E-state index contributed by atoms with van der Waals surface area (Å²) < 4.78 is 45.5. The minimum atomic E-state index is -4.61. The third-order valence-corrected chi connectivity index (χ3v) is 6.13. The van der Waals surface area contributed by atoms with E-state index < -0.39 is 24.3 Å². The molecule has 4 rings (SSSR count). The predicted octanol–water partition coefficient (Wildman–Crippen LogP) is 5.36. The number of hydrogen-bond donors (Lipinski definition) is 4. The van der Waals surface area contributed by atoms with Gasteiger partial charge < -0.3 is 25.8 Å². The Kier molecular flexibility index (Phi) is 9.19. The first-order valence-electron chi connectivity index (χ1n) is 13.8. The van der Waals surface area contributed by atoms with E-state index in [0.29, 0.717) is 17.8 Å². The third-order valence-electron chi connectivity index (χ3n) is 6.13. The zero-order chi connectivity index (χ0) is 32.3. The molecule has 2 heterocycles. The van der Waals surface area contributed by atoms with Crippen molar-refractivity contribution in [1.29, 1.82) is 0 Å². The second-order valence-electron chi connectivity index (χ2n) is 12.2. The summed E-state index contributed by atoms with van der Waals surface area (Å²) in [5, 5.41) is 22.6. The monoisotopic (exact) mass is 612 g/mol. The Hall–Kier alpha value is -4.65. The van der Waals surface area contributed by atoms with E-state index in [4.69, 9.17) is 4.74 Å². The summed E-state index contributed by atoms with van der Waals surface area (Å²) in [7, 11) is 0. The smallest absolute Gasteiger partial charge is 0.422 e. The average Bonchev–Trinajstić information content (AvgIpc) is 3.34. The number of aromatic nitrogens is 3. The minimum Gasteiger partial charge on any atom is -0.482 e. The number of anilines is 2. The number of halogens is 3. The van der Waals surface area contributed by atoms with Crippen molar-refractivity contribution in [2.75, 3.05) is 25.0 Å². The number of nitrogens with zero attached hydrogens (tertiary/aromatic N) is 3. The van der Waals surface area contributed by atoms with Crippen LogP contribution in [0.5, 0.6) is 5.75 Å². The minimum absolute atomic E-state index is 0.0406. The van der Waals surface area contributed by atoms with Gasteiger partial charge in [-0.1, -0.05) is 32.9 Å². The highest BCUT2D eigenvalue weighted by Gasteiger charge is 2.29. The normalized spacial score (nSPS) is 12.2. The molecule has 10 nitrogen and oxygen atoms in total. The number of alkyl halides is 3. The largest absolute Gasteiger partial charge is 0.482 e. The Balaban J connectivity index is 1.57. The first-order valence-corrected chi connectivity index (χ1v) is 13.8. The zero-order valence-corrected chi connectivity index (χ0v) is 25.0. The van der Waals surface area contributed by atoms with Gasteiger partial charge in [-0.15, -0.1) is 5.10 Å². The summed E-state index contributed by atoms with van der Waals surface area (Å²) in [6, 6.07) is 14.7. The molecule has 0 saturated carbocycles. The molecule has 2 aromatic heterocycles. The van der Waals surface area contributed by atoms with Crippen LogP contribution in [0, 0.1) is 5.41 Å². The van der Waals surface area contributed by atoms with Gasteiger partial charge in [0.15, 0.2) is 12.3 Å². The van der Waals surface area contributed by atoms with Crippen LogP contribution in [0.15, 0.2) is 60.8 Å². The molecule has 0 saturated heterocycles. The van der Waals surface area contributed by atoms with Crippen LogP contribution in [0.25, 0.3) is 16.8 Å². The highest BCUT2D eigenvalue weighted by molar-refractivity contribution is 5.96. The molecular weight excluding hydrogens is 577 g/mol. The van der Waals surface area contributed by atoms with Gasteiger partial charge in [0.1, 0.15) is 5.75 Å². The lowest BCUT2D eigenvalue weighted by atomic mass is 9.96. The number of pyridine rings is 1. The van der Waals surface area contributed by atoms with Crippen LogP contribution in [-0.4, -0.2) is 63.0 Å². The van der Waals surface area contributed by atoms with Crippen molar-refractivity contribution < 1.29 is 32.6 Å². The lowest BCUT2D eigenvalue weighted by Crippen LogP contribution is -2.38. The fourth-order valence-electron chi connectivity index (χ4n) is 3.96. The molecule has 0 atom stereocenters. The number of fused-ring (bicyclic) bond motifs is 1. The topological polar surface area (TPSA) is 130 Å². The van der Waals surface area contributed by atoms with Gasteiger partial charge in [-0.3, -0.25) is 9.59 Å².